The predicted molar refractivity (Wildman–Crippen MR) is 75.3 cm³/mol. The van der Waals surface area contributed by atoms with E-state index < -0.39 is 0 Å². The smallest absolute Gasteiger partial charge is 0.0916 e. The Kier molecular flexibility index (Phi) is 4.78. The van der Waals surface area contributed by atoms with Gasteiger partial charge in [-0.3, -0.25) is 0 Å². The SMILES string of the molecule is CCNC(c1csc(C)c1)C1(OC)CCOCC1. The zero-order chi connectivity index (χ0) is 13.0. The molecule has 0 bridgehead atoms. The van der Waals surface area contributed by atoms with Gasteiger partial charge in [-0.1, -0.05) is 6.92 Å². The number of methoxy groups -OCH3 is 1. The lowest BCUT2D eigenvalue weighted by molar-refractivity contribution is -0.111. The zero-order valence-electron chi connectivity index (χ0n) is 11.5. The Morgan fingerprint density at radius 3 is 2.72 bits per heavy atom. The van der Waals surface area contributed by atoms with Crippen LogP contribution in [0.3, 0.4) is 0 Å². The van der Waals surface area contributed by atoms with Gasteiger partial charge in [-0.25, -0.2) is 0 Å². The third-order valence-electron chi connectivity index (χ3n) is 3.76. The maximum atomic E-state index is 5.92. The normalized spacial score (nSPS) is 20.8. The molecule has 102 valence electrons. The van der Waals surface area contributed by atoms with E-state index in [1.54, 1.807) is 11.3 Å². The Hall–Kier alpha value is -0.420. The summed E-state index contributed by atoms with van der Waals surface area (Å²) >= 11 is 1.80. The average Bonchev–Trinajstić information content (AvgIpc) is 2.83. The van der Waals surface area contributed by atoms with Crippen molar-refractivity contribution in [1.29, 1.82) is 0 Å². The van der Waals surface area contributed by atoms with E-state index in [0.29, 0.717) is 0 Å². The van der Waals surface area contributed by atoms with Crippen LogP contribution in [0.15, 0.2) is 11.4 Å². The minimum absolute atomic E-state index is 0.123. The molecule has 1 atom stereocenters. The van der Waals surface area contributed by atoms with Crippen molar-refractivity contribution in [2.45, 2.75) is 38.3 Å². The molecule has 2 rings (SSSR count). The molecule has 0 aliphatic carbocycles. The van der Waals surface area contributed by atoms with Crippen molar-refractivity contribution in [1.82, 2.24) is 5.32 Å². The van der Waals surface area contributed by atoms with Gasteiger partial charge in [0.2, 0.25) is 0 Å². The van der Waals surface area contributed by atoms with Crippen LogP contribution >= 0.6 is 11.3 Å². The second kappa shape index (κ2) is 6.15. The number of thiophene rings is 1. The molecule has 1 fully saturated rings. The van der Waals surface area contributed by atoms with Gasteiger partial charge in [0, 0.05) is 38.0 Å². The highest BCUT2D eigenvalue weighted by atomic mass is 32.1. The molecule has 1 aliphatic heterocycles. The van der Waals surface area contributed by atoms with Gasteiger partial charge >= 0.3 is 0 Å². The summed E-state index contributed by atoms with van der Waals surface area (Å²) in [5.41, 5.74) is 1.23. The summed E-state index contributed by atoms with van der Waals surface area (Å²) in [6.07, 6.45) is 1.91. The van der Waals surface area contributed by atoms with Crippen LogP contribution in [-0.4, -0.2) is 32.5 Å². The second-order valence-corrected chi connectivity index (χ2v) is 5.98. The minimum Gasteiger partial charge on any atom is -0.381 e. The standard InChI is InChI=1S/C14H23NO2S/c1-4-15-13(12-9-11(2)18-10-12)14(16-3)5-7-17-8-6-14/h9-10,13,15H,4-8H2,1-3H3. The molecule has 4 heteroatoms. The van der Waals surface area contributed by atoms with Crippen LogP contribution in [0.2, 0.25) is 0 Å². The van der Waals surface area contributed by atoms with Gasteiger partial charge in [0.15, 0.2) is 0 Å². The van der Waals surface area contributed by atoms with E-state index in [1.165, 1.54) is 10.4 Å². The van der Waals surface area contributed by atoms with E-state index in [0.717, 1.165) is 32.6 Å². The van der Waals surface area contributed by atoms with Gasteiger partial charge in [-0.2, -0.15) is 0 Å². The molecule has 0 radical (unpaired) electrons. The maximum absolute atomic E-state index is 5.92. The van der Waals surface area contributed by atoms with Crippen molar-refractivity contribution in [2.75, 3.05) is 26.9 Å². The summed E-state index contributed by atoms with van der Waals surface area (Å²) in [4.78, 5) is 1.35. The first-order valence-corrected chi connectivity index (χ1v) is 7.51. The lowest BCUT2D eigenvalue weighted by atomic mass is 9.82. The predicted octanol–water partition coefficient (Wildman–Crippen LogP) is 2.90. The molecule has 2 heterocycles. The molecule has 1 saturated heterocycles. The quantitative estimate of drug-likeness (QED) is 0.891. The summed E-state index contributed by atoms with van der Waals surface area (Å²) in [5, 5.41) is 5.85. The number of hydrogen-bond donors (Lipinski definition) is 1. The maximum Gasteiger partial charge on any atom is 0.0916 e. The number of ether oxygens (including phenoxy) is 2. The topological polar surface area (TPSA) is 30.5 Å². The summed E-state index contributed by atoms with van der Waals surface area (Å²) < 4.78 is 11.4. The monoisotopic (exact) mass is 269 g/mol. The number of likely N-dealkylation sites (N-methyl/N-ethyl adjacent to an activating group) is 1. The molecule has 1 aromatic heterocycles. The lowest BCUT2D eigenvalue weighted by Gasteiger charge is -2.42. The summed E-state index contributed by atoms with van der Waals surface area (Å²) in [7, 11) is 1.83. The van der Waals surface area contributed by atoms with E-state index in [9.17, 15) is 0 Å². The van der Waals surface area contributed by atoms with E-state index >= 15 is 0 Å². The number of rotatable bonds is 5. The van der Waals surface area contributed by atoms with E-state index in [1.807, 2.05) is 7.11 Å². The molecule has 1 aliphatic rings. The van der Waals surface area contributed by atoms with Crippen LogP contribution in [0.5, 0.6) is 0 Å². The number of nitrogens with one attached hydrogen (secondary N) is 1. The molecule has 3 nitrogen and oxygen atoms in total. The Labute approximate surface area is 113 Å². The molecule has 0 saturated carbocycles. The van der Waals surface area contributed by atoms with E-state index in [4.69, 9.17) is 9.47 Å². The molecule has 0 amide bonds. The van der Waals surface area contributed by atoms with Crippen LogP contribution < -0.4 is 5.32 Å². The molecule has 1 unspecified atom stereocenters. The summed E-state index contributed by atoms with van der Waals surface area (Å²) in [5.74, 6) is 0. The van der Waals surface area contributed by atoms with Crippen LogP contribution in [0.25, 0.3) is 0 Å². The molecule has 0 spiro atoms. The lowest BCUT2D eigenvalue weighted by Crippen LogP contribution is -2.49. The molecule has 18 heavy (non-hydrogen) atoms. The first-order chi connectivity index (χ1) is 8.72. The fourth-order valence-electron chi connectivity index (χ4n) is 2.75. The van der Waals surface area contributed by atoms with Crippen molar-refractivity contribution in [3.63, 3.8) is 0 Å². The van der Waals surface area contributed by atoms with Crippen LogP contribution in [-0.2, 0) is 9.47 Å². The Morgan fingerprint density at radius 2 is 2.22 bits per heavy atom. The van der Waals surface area contributed by atoms with Crippen molar-refractivity contribution < 1.29 is 9.47 Å². The first-order valence-electron chi connectivity index (χ1n) is 6.63. The van der Waals surface area contributed by atoms with Gasteiger partial charge in [-0.15, -0.1) is 11.3 Å². The van der Waals surface area contributed by atoms with Crippen molar-refractivity contribution in [3.8, 4) is 0 Å². The molecular formula is C14H23NO2S. The largest absolute Gasteiger partial charge is 0.381 e. The van der Waals surface area contributed by atoms with Crippen LogP contribution in [0.4, 0.5) is 0 Å². The first kappa shape index (κ1) is 14.0. The summed E-state index contributed by atoms with van der Waals surface area (Å²) in [6, 6.07) is 2.54. The molecule has 1 aromatic rings. The van der Waals surface area contributed by atoms with Crippen LogP contribution in [0, 0.1) is 6.92 Å². The van der Waals surface area contributed by atoms with Crippen molar-refractivity contribution in [3.05, 3.63) is 21.9 Å². The average molecular weight is 269 g/mol. The van der Waals surface area contributed by atoms with Gasteiger partial charge < -0.3 is 14.8 Å². The molecular weight excluding hydrogens is 246 g/mol. The van der Waals surface area contributed by atoms with Gasteiger partial charge in [0.05, 0.1) is 11.6 Å². The zero-order valence-corrected chi connectivity index (χ0v) is 12.3. The van der Waals surface area contributed by atoms with Gasteiger partial charge in [0.25, 0.3) is 0 Å². The van der Waals surface area contributed by atoms with Gasteiger partial charge in [-0.05, 0) is 30.5 Å². The molecule has 1 N–H and O–H groups in total. The number of aryl methyl sites for hydroxylation is 1. The minimum atomic E-state index is -0.123. The van der Waals surface area contributed by atoms with Gasteiger partial charge in [0.1, 0.15) is 0 Å². The van der Waals surface area contributed by atoms with E-state index in [2.05, 4.69) is 30.6 Å². The summed E-state index contributed by atoms with van der Waals surface area (Å²) in [6.45, 7) is 6.83. The Balaban J connectivity index is 2.26. The Morgan fingerprint density at radius 1 is 1.50 bits per heavy atom. The van der Waals surface area contributed by atoms with E-state index in [-0.39, 0.29) is 11.6 Å². The highest BCUT2D eigenvalue weighted by Gasteiger charge is 2.41. The third kappa shape index (κ3) is 2.77. The molecule has 0 aromatic carbocycles. The van der Waals surface area contributed by atoms with Crippen molar-refractivity contribution >= 4 is 11.3 Å². The number of hydrogen-bond acceptors (Lipinski definition) is 4. The van der Waals surface area contributed by atoms with Crippen molar-refractivity contribution in [2.24, 2.45) is 0 Å². The highest BCUT2D eigenvalue weighted by Crippen LogP contribution is 2.38. The second-order valence-electron chi connectivity index (χ2n) is 4.86. The third-order valence-corrected chi connectivity index (χ3v) is 4.64. The fraction of sp³-hybridized carbons (Fsp3) is 0.714. The fourth-order valence-corrected chi connectivity index (χ4v) is 3.48. The van der Waals surface area contributed by atoms with Crippen LogP contribution in [0.1, 0.15) is 36.2 Å². The Bertz CT molecular complexity index is 372. The highest BCUT2D eigenvalue weighted by molar-refractivity contribution is 7.10.